The van der Waals surface area contributed by atoms with Crippen LogP contribution in [0.15, 0.2) is 41.2 Å². The molecule has 0 unspecified atom stereocenters. The Morgan fingerprint density at radius 1 is 1.33 bits per heavy atom. The summed E-state index contributed by atoms with van der Waals surface area (Å²) in [7, 11) is 1.79. The van der Waals surface area contributed by atoms with Crippen molar-refractivity contribution >= 4 is 11.0 Å². The van der Waals surface area contributed by atoms with Gasteiger partial charge in [0.15, 0.2) is 0 Å². The first-order valence-electron chi connectivity index (χ1n) is 4.90. The molecule has 0 bridgehead atoms. The molecule has 0 N–H and O–H groups in total. The molecule has 0 atom stereocenters. The van der Waals surface area contributed by atoms with Gasteiger partial charge in [0.05, 0.1) is 11.0 Å². The molecule has 1 heterocycles. The van der Waals surface area contributed by atoms with Gasteiger partial charge in [-0.3, -0.25) is 9.13 Å². The number of allylic oxidation sites excluding steroid dienone is 1. The van der Waals surface area contributed by atoms with Crippen LogP contribution in [0, 0.1) is 0 Å². The van der Waals surface area contributed by atoms with Crippen LogP contribution in [0.25, 0.3) is 11.0 Å². The highest BCUT2D eigenvalue weighted by molar-refractivity contribution is 5.75. The molecule has 0 amide bonds. The first-order chi connectivity index (χ1) is 7.11. The Bertz CT molecular complexity index is 575. The Balaban J connectivity index is 2.78. The number of hydrogen-bond acceptors (Lipinski definition) is 1. The summed E-state index contributed by atoms with van der Waals surface area (Å²) in [6, 6.07) is 7.79. The molecule has 15 heavy (non-hydrogen) atoms. The zero-order chi connectivity index (χ0) is 11.0. The Hall–Kier alpha value is -1.77. The van der Waals surface area contributed by atoms with E-state index in [0.29, 0.717) is 6.54 Å². The van der Waals surface area contributed by atoms with Gasteiger partial charge in [0.1, 0.15) is 0 Å². The van der Waals surface area contributed by atoms with Crippen molar-refractivity contribution in [2.45, 2.75) is 13.5 Å². The van der Waals surface area contributed by atoms with Crippen molar-refractivity contribution in [3.63, 3.8) is 0 Å². The van der Waals surface area contributed by atoms with E-state index in [4.69, 9.17) is 0 Å². The molecule has 0 spiro atoms. The van der Waals surface area contributed by atoms with Crippen molar-refractivity contribution in [3.05, 3.63) is 46.9 Å². The molecule has 0 saturated heterocycles. The van der Waals surface area contributed by atoms with E-state index in [1.165, 1.54) is 0 Å². The summed E-state index contributed by atoms with van der Waals surface area (Å²) in [5.74, 6) is 0. The maximum absolute atomic E-state index is 11.9. The van der Waals surface area contributed by atoms with Gasteiger partial charge in [-0.2, -0.15) is 0 Å². The second kappa shape index (κ2) is 3.42. The lowest BCUT2D eigenvalue weighted by molar-refractivity contribution is 0.728. The van der Waals surface area contributed by atoms with E-state index in [2.05, 4.69) is 6.58 Å². The molecule has 0 aliphatic carbocycles. The van der Waals surface area contributed by atoms with Gasteiger partial charge in [0.2, 0.25) is 0 Å². The average molecular weight is 202 g/mol. The number of para-hydroxylation sites is 2. The van der Waals surface area contributed by atoms with Crippen molar-refractivity contribution < 1.29 is 0 Å². The number of aryl methyl sites for hydroxylation is 1. The topological polar surface area (TPSA) is 26.9 Å². The largest absolute Gasteiger partial charge is 0.329 e. The maximum atomic E-state index is 11.9. The molecule has 1 aromatic heterocycles. The molecule has 1 aromatic carbocycles. The van der Waals surface area contributed by atoms with E-state index in [9.17, 15) is 4.79 Å². The van der Waals surface area contributed by atoms with Gasteiger partial charge in [0, 0.05) is 13.6 Å². The molecule has 2 aromatic rings. The minimum absolute atomic E-state index is 0.0131. The molecule has 3 heteroatoms. The lowest BCUT2D eigenvalue weighted by Crippen LogP contribution is -2.22. The molecule has 2 rings (SSSR count). The molecule has 0 aliphatic heterocycles. The van der Waals surface area contributed by atoms with Gasteiger partial charge in [-0.05, 0) is 19.1 Å². The molecule has 0 aliphatic rings. The van der Waals surface area contributed by atoms with Crippen molar-refractivity contribution in [1.29, 1.82) is 0 Å². The van der Waals surface area contributed by atoms with E-state index in [-0.39, 0.29) is 5.69 Å². The lowest BCUT2D eigenvalue weighted by Gasteiger charge is -2.01. The quantitative estimate of drug-likeness (QED) is 0.683. The third-order valence-corrected chi connectivity index (χ3v) is 2.48. The molecule has 0 fully saturated rings. The van der Waals surface area contributed by atoms with Crippen molar-refractivity contribution in [2.75, 3.05) is 0 Å². The molecule has 0 radical (unpaired) electrons. The summed E-state index contributed by atoms with van der Waals surface area (Å²) in [4.78, 5) is 11.9. The van der Waals surface area contributed by atoms with Crippen LogP contribution in [-0.4, -0.2) is 9.13 Å². The number of imidazole rings is 1. The van der Waals surface area contributed by atoms with Gasteiger partial charge < -0.3 is 0 Å². The van der Waals surface area contributed by atoms with E-state index >= 15 is 0 Å². The monoisotopic (exact) mass is 202 g/mol. The number of aromatic nitrogens is 2. The van der Waals surface area contributed by atoms with Gasteiger partial charge in [-0.15, -0.1) is 0 Å². The Kier molecular flexibility index (Phi) is 2.23. The van der Waals surface area contributed by atoms with E-state index < -0.39 is 0 Å². The van der Waals surface area contributed by atoms with Crippen molar-refractivity contribution in [1.82, 2.24) is 9.13 Å². The third-order valence-electron chi connectivity index (χ3n) is 2.48. The van der Waals surface area contributed by atoms with Crippen LogP contribution in [0.3, 0.4) is 0 Å². The van der Waals surface area contributed by atoms with Crippen molar-refractivity contribution in [2.24, 2.45) is 7.05 Å². The van der Waals surface area contributed by atoms with Crippen LogP contribution in [-0.2, 0) is 13.6 Å². The fourth-order valence-corrected chi connectivity index (χ4v) is 1.79. The van der Waals surface area contributed by atoms with Crippen LogP contribution in [0.5, 0.6) is 0 Å². The minimum Gasteiger partial charge on any atom is -0.295 e. The number of rotatable bonds is 2. The summed E-state index contributed by atoms with van der Waals surface area (Å²) in [6.45, 7) is 6.35. The highest BCUT2D eigenvalue weighted by atomic mass is 16.1. The fourth-order valence-electron chi connectivity index (χ4n) is 1.79. The highest BCUT2D eigenvalue weighted by Gasteiger charge is 2.08. The molecular weight excluding hydrogens is 188 g/mol. The highest BCUT2D eigenvalue weighted by Crippen LogP contribution is 2.12. The smallest absolute Gasteiger partial charge is 0.295 e. The van der Waals surface area contributed by atoms with E-state index in [0.717, 1.165) is 16.6 Å². The second-order valence-electron chi connectivity index (χ2n) is 3.87. The van der Waals surface area contributed by atoms with Gasteiger partial charge in [-0.25, -0.2) is 4.79 Å². The Morgan fingerprint density at radius 2 is 1.93 bits per heavy atom. The SMILES string of the molecule is C=C(C)Cn1c(=O)n(C)c2ccccc21. The van der Waals surface area contributed by atoms with Crippen LogP contribution in [0.2, 0.25) is 0 Å². The zero-order valence-corrected chi connectivity index (χ0v) is 9.03. The summed E-state index contributed by atoms with van der Waals surface area (Å²) in [5, 5.41) is 0. The van der Waals surface area contributed by atoms with Gasteiger partial charge in [-0.1, -0.05) is 24.3 Å². The maximum Gasteiger partial charge on any atom is 0.329 e. The fraction of sp³-hybridized carbons (Fsp3) is 0.250. The minimum atomic E-state index is 0.0131. The normalized spacial score (nSPS) is 10.8. The Labute approximate surface area is 88.3 Å². The predicted molar refractivity (Wildman–Crippen MR) is 62.0 cm³/mol. The number of fused-ring (bicyclic) bond motifs is 1. The summed E-state index contributed by atoms with van der Waals surface area (Å²) < 4.78 is 3.41. The predicted octanol–water partition coefficient (Wildman–Crippen LogP) is 1.92. The Morgan fingerprint density at radius 3 is 2.53 bits per heavy atom. The lowest BCUT2D eigenvalue weighted by atomic mass is 10.3. The molecule has 78 valence electrons. The number of nitrogens with zero attached hydrogens (tertiary/aromatic N) is 2. The zero-order valence-electron chi connectivity index (χ0n) is 9.03. The average Bonchev–Trinajstić information content (AvgIpc) is 2.44. The van der Waals surface area contributed by atoms with Crippen LogP contribution >= 0.6 is 0 Å². The number of hydrogen-bond donors (Lipinski definition) is 0. The summed E-state index contributed by atoms with van der Waals surface area (Å²) in [5.41, 5.74) is 2.92. The molecule has 3 nitrogen and oxygen atoms in total. The summed E-state index contributed by atoms with van der Waals surface area (Å²) in [6.07, 6.45) is 0. The second-order valence-corrected chi connectivity index (χ2v) is 3.87. The first kappa shape index (κ1) is 9.77. The summed E-state index contributed by atoms with van der Waals surface area (Å²) >= 11 is 0. The van der Waals surface area contributed by atoms with Crippen LogP contribution in [0.1, 0.15) is 6.92 Å². The molecule has 0 saturated carbocycles. The van der Waals surface area contributed by atoms with E-state index in [1.54, 1.807) is 16.2 Å². The van der Waals surface area contributed by atoms with Crippen LogP contribution in [0.4, 0.5) is 0 Å². The standard InChI is InChI=1S/C12H14N2O/c1-9(2)8-14-11-7-5-4-6-10(11)13(3)12(14)15/h4-7H,1,8H2,2-3H3. The van der Waals surface area contributed by atoms with Crippen LogP contribution < -0.4 is 5.69 Å². The first-order valence-corrected chi connectivity index (χ1v) is 4.90. The van der Waals surface area contributed by atoms with Gasteiger partial charge in [0.25, 0.3) is 0 Å². The van der Waals surface area contributed by atoms with E-state index in [1.807, 2.05) is 31.2 Å². The number of benzene rings is 1. The van der Waals surface area contributed by atoms with Crippen molar-refractivity contribution in [3.8, 4) is 0 Å². The van der Waals surface area contributed by atoms with Gasteiger partial charge >= 0.3 is 5.69 Å². The molecular formula is C12H14N2O. The third kappa shape index (κ3) is 1.50.